The summed E-state index contributed by atoms with van der Waals surface area (Å²) in [6, 6.07) is 8.03. The summed E-state index contributed by atoms with van der Waals surface area (Å²) in [6.45, 7) is 0. The standard InChI is InChI=1S/C21H14Br2Cl2N4O5/c22-10-3-1-4-11(23)15(10)18(30)27-14(20(32)33)7-9-8-26-21(34)29-17(9)28-19(31)16-12(24)5-2-6-13(16)25/h1-6,8,14H,7H2,(H,27,30)(H,32,33)(H2,26,28,29,31,34). The highest BCUT2D eigenvalue weighted by Gasteiger charge is 2.26. The van der Waals surface area contributed by atoms with Gasteiger partial charge >= 0.3 is 11.7 Å². The first kappa shape index (κ1) is 25.9. The SMILES string of the molecule is O=C(Nc1nc(=O)[nH]cc1CC(NC(=O)c1c(Br)cccc1Br)C(=O)O)c1c(Cl)cccc1Cl. The van der Waals surface area contributed by atoms with E-state index in [1.54, 1.807) is 24.3 Å². The molecule has 4 N–H and O–H groups in total. The molecule has 0 fully saturated rings. The van der Waals surface area contributed by atoms with Gasteiger partial charge in [-0.25, -0.2) is 9.59 Å². The van der Waals surface area contributed by atoms with E-state index in [-0.39, 0.29) is 39.0 Å². The van der Waals surface area contributed by atoms with Crippen molar-refractivity contribution in [3.05, 3.63) is 88.8 Å². The maximum Gasteiger partial charge on any atom is 0.346 e. The fourth-order valence-electron chi connectivity index (χ4n) is 2.94. The van der Waals surface area contributed by atoms with E-state index < -0.39 is 29.5 Å². The van der Waals surface area contributed by atoms with Crippen molar-refractivity contribution < 1.29 is 19.5 Å². The van der Waals surface area contributed by atoms with E-state index in [9.17, 15) is 24.3 Å². The van der Waals surface area contributed by atoms with Gasteiger partial charge in [-0.2, -0.15) is 4.98 Å². The van der Waals surface area contributed by atoms with Gasteiger partial charge in [-0.1, -0.05) is 35.3 Å². The largest absolute Gasteiger partial charge is 0.480 e. The van der Waals surface area contributed by atoms with Gasteiger partial charge in [-0.05, 0) is 56.1 Å². The van der Waals surface area contributed by atoms with Gasteiger partial charge in [0, 0.05) is 27.1 Å². The summed E-state index contributed by atoms with van der Waals surface area (Å²) in [5, 5.41) is 14.7. The molecule has 1 aromatic heterocycles. The van der Waals surface area contributed by atoms with E-state index >= 15 is 0 Å². The third-order valence-electron chi connectivity index (χ3n) is 4.53. The number of hydrogen-bond acceptors (Lipinski definition) is 5. The molecular weight excluding hydrogens is 619 g/mol. The number of aliphatic carboxylic acids is 1. The molecule has 3 aromatic rings. The van der Waals surface area contributed by atoms with Gasteiger partial charge in [0.25, 0.3) is 11.8 Å². The summed E-state index contributed by atoms with van der Waals surface area (Å²) in [4.78, 5) is 55.3. The minimum atomic E-state index is -1.42. The molecule has 2 amide bonds. The number of hydrogen-bond donors (Lipinski definition) is 4. The van der Waals surface area contributed by atoms with Gasteiger partial charge < -0.3 is 20.7 Å². The summed E-state index contributed by atoms with van der Waals surface area (Å²) in [7, 11) is 0. The minimum Gasteiger partial charge on any atom is -0.480 e. The van der Waals surface area contributed by atoms with E-state index in [0.29, 0.717) is 8.95 Å². The number of halogens is 4. The summed E-state index contributed by atoms with van der Waals surface area (Å²) in [6.07, 6.45) is 0.897. The average molecular weight is 633 g/mol. The lowest BCUT2D eigenvalue weighted by molar-refractivity contribution is -0.139. The first-order chi connectivity index (χ1) is 16.1. The fourth-order valence-corrected chi connectivity index (χ4v) is 4.86. The zero-order valence-corrected chi connectivity index (χ0v) is 21.5. The molecule has 9 nitrogen and oxygen atoms in total. The Morgan fingerprint density at radius 1 is 1.00 bits per heavy atom. The Balaban J connectivity index is 1.89. The van der Waals surface area contributed by atoms with Crippen LogP contribution in [0.2, 0.25) is 10.0 Å². The molecule has 0 bridgehead atoms. The van der Waals surface area contributed by atoms with Gasteiger partial charge in [0.15, 0.2) is 0 Å². The van der Waals surface area contributed by atoms with Crippen molar-refractivity contribution in [2.24, 2.45) is 0 Å². The van der Waals surface area contributed by atoms with Crippen molar-refractivity contribution in [1.29, 1.82) is 0 Å². The summed E-state index contributed by atoms with van der Waals surface area (Å²) >= 11 is 18.7. The van der Waals surface area contributed by atoms with Gasteiger partial charge in [-0.15, -0.1) is 0 Å². The third kappa shape index (κ3) is 6.03. The normalized spacial score (nSPS) is 11.5. The van der Waals surface area contributed by atoms with Crippen LogP contribution in [0, 0.1) is 0 Å². The lowest BCUT2D eigenvalue weighted by atomic mass is 10.1. The third-order valence-corrected chi connectivity index (χ3v) is 6.48. The molecule has 13 heteroatoms. The van der Waals surface area contributed by atoms with E-state index in [1.807, 2.05) is 0 Å². The number of H-pyrrole nitrogens is 1. The molecule has 3 rings (SSSR count). The smallest absolute Gasteiger partial charge is 0.346 e. The number of carboxylic acid groups (broad SMARTS) is 1. The molecule has 0 aliphatic rings. The van der Waals surface area contributed by atoms with Crippen molar-refractivity contribution >= 4 is 78.7 Å². The van der Waals surface area contributed by atoms with Gasteiger partial charge in [0.1, 0.15) is 11.9 Å². The Morgan fingerprint density at radius 2 is 1.59 bits per heavy atom. The lowest BCUT2D eigenvalue weighted by Gasteiger charge is -2.17. The Hall–Kier alpha value is -2.73. The van der Waals surface area contributed by atoms with Crippen LogP contribution in [0.15, 0.2) is 56.3 Å². The molecule has 1 unspecified atom stereocenters. The summed E-state index contributed by atoms with van der Waals surface area (Å²) in [5.41, 5.74) is -0.469. The molecule has 1 atom stereocenters. The Kier molecular flexibility index (Phi) is 8.47. The highest BCUT2D eigenvalue weighted by Crippen LogP contribution is 2.27. The van der Waals surface area contributed by atoms with Gasteiger partial charge in [0.2, 0.25) is 0 Å². The van der Waals surface area contributed by atoms with E-state index in [1.165, 1.54) is 18.3 Å². The number of aromatic amines is 1. The van der Waals surface area contributed by atoms with Gasteiger partial charge in [0.05, 0.1) is 21.2 Å². The number of aromatic nitrogens is 2. The molecule has 0 aliphatic carbocycles. The summed E-state index contributed by atoms with van der Waals surface area (Å²) < 4.78 is 0.914. The van der Waals surface area contributed by atoms with Crippen LogP contribution < -0.4 is 16.3 Å². The predicted molar refractivity (Wildman–Crippen MR) is 134 cm³/mol. The molecule has 0 radical (unpaired) electrons. The number of benzene rings is 2. The number of nitrogens with zero attached hydrogens (tertiary/aromatic N) is 1. The maximum absolute atomic E-state index is 12.8. The summed E-state index contributed by atoms with van der Waals surface area (Å²) in [5.74, 6) is -2.94. The first-order valence-corrected chi connectivity index (χ1v) is 11.7. The zero-order chi connectivity index (χ0) is 25.0. The zero-order valence-electron chi connectivity index (χ0n) is 16.9. The highest BCUT2D eigenvalue weighted by atomic mass is 79.9. The number of rotatable bonds is 7. The number of carbonyl (C=O) groups excluding carboxylic acids is 2. The molecule has 0 saturated carbocycles. The number of amides is 2. The lowest BCUT2D eigenvalue weighted by Crippen LogP contribution is -2.43. The van der Waals surface area contributed by atoms with Crippen LogP contribution in [0.4, 0.5) is 5.82 Å². The second-order valence-electron chi connectivity index (χ2n) is 6.80. The quantitative estimate of drug-likeness (QED) is 0.306. The van der Waals surface area contributed by atoms with Crippen molar-refractivity contribution in [2.75, 3.05) is 5.32 Å². The van der Waals surface area contributed by atoms with Crippen molar-refractivity contribution in [1.82, 2.24) is 15.3 Å². The molecule has 0 spiro atoms. The van der Waals surface area contributed by atoms with Crippen molar-refractivity contribution in [2.45, 2.75) is 12.5 Å². The number of nitrogens with one attached hydrogen (secondary N) is 3. The average Bonchev–Trinajstić information content (AvgIpc) is 2.74. The van der Waals surface area contributed by atoms with Crippen LogP contribution in [0.25, 0.3) is 0 Å². The fraction of sp³-hybridized carbons (Fsp3) is 0.0952. The monoisotopic (exact) mass is 630 g/mol. The van der Waals surface area contributed by atoms with Crippen LogP contribution in [0.5, 0.6) is 0 Å². The Labute approximate surface area is 219 Å². The predicted octanol–water partition coefficient (Wildman–Crippen LogP) is 4.28. The van der Waals surface area contributed by atoms with Crippen molar-refractivity contribution in [3.8, 4) is 0 Å². The second-order valence-corrected chi connectivity index (χ2v) is 9.32. The Morgan fingerprint density at radius 3 is 2.18 bits per heavy atom. The van der Waals surface area contributed by atoms with Crippen LogP contribution >= 0.6 is 55.1 Å². The minimum absolute atomic E-state index is 0.0410. The van der Waals surface area contributed by atoms with E-state index in [4.69, 9.17) is 23.2 Å². The molecule has 0 saturated heterocycles. The van der Waals surface area contributed by atoms with Crippen LogP contribution in [-0.4, -0.2) is 38.9 Å². The number of anilines is 1. The van der Waals surface area contributed by atoms with Crippen LogP contribution in [0.1, 0.15) is 26.3 Å². The Bertz CT molecular complexity index is 1310. The molecule has 2 aromatic carbocycles. The highest BCUT2D eigenvalue weighted by molar-refractivity contribution is 9.11. The molecule has 176 valence electrons. The number of carbonyl (C=O) groups is 3. The second kappa shape index (κ2) is 11.1. The van der Waals surface area contributed by atoms with E-state index in [2.05, 4.69) is 52.5 Å². The molecular formula is C21H14Br2Cl2N4O5. The molecule has 1 heterocycles. The first-order valence-electron chi connectivity index (χ1n) is 9.40. The van der Waals surface area contributed by atoms with Gasteiger partial charge in [-0.3, -0.25) is 9.59 Å². The molecule has 34 heavy (non-hydrogen) atoms. The van der Waals surface area contributed by atoms with Crippen LogP contribution in [0.3, 0.4) is 0 Å². The topological polar surface area (TPSA) is 141 Å². The number of carboxylic acids is 1. The van der Waals surface area contributed by atoms with Crippen molar-refractivity contribution in [3.63, 3.8) is 0 Å². The van der Waals surface area contributed by atoms with E-state index in [0.717, 1.165) is 0 Å². The maximum atomic E-state index is 12.8. The molecule has 0 aliphatic heterocycles. The van der Waals surface area contributed by atoms with Crippen LogP contribution in [-0.2, 0) is 11.2 Å².